The highest BCUT2D eigenvalue weighted by atomic mass is 32.2. The Morgan fingerprint density at radius 1 is 0.759 bits per heavy atom. The van der Waals surface area contributed by atoms with E-state index in [2.05, 4.69) is 10.2 Å². The number of phenolic OH excluding ortho intramolecular Hbond substituents is 2. The fraction of sp³-hybridized carbons (Fsp3) is 0.0909. The van der Waals surface area contributed by atoms with E-state index in [1.54, 1.807) is 72.8 Å². The van der Waals surface area contributed by atoms with Crippen LogP contribution in [0.3, 0.4) is 0 Å². The summed E-state index contributed by atoms with van der Waals surface area (Å²) in [5.41, 5.74) is 1.98. The lowest BCUT2D eigenvalue weighted by atomic mass is 9.83. The molecule has 0 saturated heterocycles. The van der Waals surface area contributed by atoms with Crippen LogP contribution in [0.2, 0.25) is 0 Å². The van der Waals surface area contributed by atoms with Gasteiger partial charge < -0.3 is 10.2 Å². The zero-order chi connectivity index (χ0) is 20.6. The summed E-state index contributed by atoms with van der Waals surface area (Å²) in [4.78, 5) is 0.222. The van der Waals surface area contributed by atoms with Gasteiger partial charge >= 0.3 is 0 Å². The lowest BCUT2D eigenvalue weighted by Gasteiger charge is -2.24. The molecule has 0 amide bonds. The van der Waals surface area contributed by atoms with Crippen molar-refractivity contribution >= 4 is 15.5 Å². The van der Waals surface area contributed by atoms with Gasteiger partial charge in [0.2, 0.25) is 0 Å². The Bertz CT molecular complexity index is 1210. The molecule has 29 heavy (non-hydrogen) atoms. The average molecular weight is 406 g/mol. The van der Waals surface area contributed by atoms with Crippen LogP contribution in [0.5, 0.6) is 11.5 Å². The minimum Gasteiger partial charge on any atom is -0.508 e. The van der Waals surface area contributed by atoms with Crippen molar-refractivity contribution in [1.29, 1.82) is 0 Å². The second-order valence-corrected chi connectivity index (χ2v) is 8.90. The maximum Gasteiger partial charge on any atom is 0.175 e. The Balaban J connectivity index is 1.87. The van der Waals surface area contributed by atoms with E-state index in [-0.39, 0.29) is 16.4 Å². The lowest BCUT2D eigenvalue weighted by Crippen LogP contribution is -2.20. The zero-order valence-electron chi connectivity index (χ0n) is 15.5. The molecule has 0 saturated carbocycles. The van der Waals surface area contributed by atoms with Gasteiger partial charge in [-0.05, 0) is 65.7 Å². The van der Waals surface area contributed by atoms with Gasteiger partial charge in [0.1, 0.15) is 11.5 Å². The summed E-state index contributed by atoms with van der Waals surface area (Å²) in [6.45, 7) is 0. The van der Waals surface area contributed by atoms with Crippen LogP contribution in [0.1, 0.15) is 16.7 Å². The molecular formula is C22H18N2O4S. The van der Waals surface area contributed by atoms with Gasteiger partial charge in [-0.15, -0.1) is 0 Å². The van der Waals surface area contributed by atoms with Crippen molar-refractivity contribution in [2.24, 2.45) is 10.2 Å². The van der Waals surface area contributed by atoms with Crippen molar-refractivity contribution in [2.75, 3.05) is 6.26 Å². The molecule has 3 aromatic rings. The predicted molar refractivity (Wildman–Crippen MR) is 109 cm³/mol. The van der Waals surface area contributed by atoms with Crippen molar-refractivity contribution in [2.45, 2.75) is 10.4 Å². The Morgan fingerprint density at radius 3 is 1.76 bits per heavy atom. The predicted octanol–water partition coefficient (Wildman–Crippen LogP) is 4.25. The van der Waals surface area contributed by atoms with Gasteiger partial charge in [0.05, 0.1) is 10.6 Å². The highest BCUT2D eigenvalue weighted by Gasteiger charge is 2.37. The minimum atomic E-state index is -3.32. The van der Waals surface area contributed by atoms with Crippen molar-refractivity contribution in [1.82, 2.24) is 0 Å². The number of benzene rings is 3. The Morgan fingerprint density at radius 2 is 1.24 bits per heavy atom. The molecule has 0 aliphatic carbocycles. The zero-order valence-corrected chi connectivity index (χ0v) is 16.3. The second-order valence-electron chi connectivity index (χ2n) is 6.89. The monoisotopic (exact) mass is 406 g/mol. The first-order valence-electron chi connectivity index (χ1n) is 8.83. The molecule has 1 atom stereocenters. The van der Waals surface area contributed by atoms with Crippen LogP contribution in [0, 0.1) is 0 Å². The molecule has 7 heteroatoms. The van der Waals surface area contributed by atoms with Crippen molar-refractivity contribution in [3.8, 4) is 11.5 Å². The Labute approximate surface area is 168 Å². The number of hydrogen-bond acceptors (Lipinski definition) is 6. The molecule has 3 aromatic carbocycles. The maximum absolute atomic E-state index is 11.8. The molecule has 1 heterocycles. The van der Waals surface area contributed by atoms with Crippen LogP contribution in [-0.4, -0.2) is 24.9 Å². The number of phenols is 2. The first-order chi connectivity index (χ1) is 13.8. The SMILES string of the molecule is CS(=O)(=O)c1ccc(C2(c3ccc(O)cc3)C=C(c3ccc(O)cc3)N=N2)cc1. The van der Waals surface area contributed by atoms with E-state index in [1.807, 2.05) is 6.08 Å². The molecule has 6 nitrogen and oxygen atoms in total. The number of azo groups is 1. The summed E-state index contributed by atoms with van der Waals surface area (Å²) in [6, 6.07) is 19.9. The molecule has 1 aliphatic rings. The van der Waals surface area contributed by atoms with Crippen LogP contribution in [0.25, 0.3) is 5.70 Å². The first-order valence-corrected chi connectivity index (χ1v) is 10.7. The van der Waals surface area contributed by atoms with Gasteiger partial charge in [0.25, 0.3) is 0 Å². The van der Waals surface area contributed by atoms with Crippen molar-refractivity contribution < 1.29 is 18.6 Å². The van der Waals surface area contributed by atoms with Crippen molar-refractivity contribution in [3.63, 3.8) is 0 Å². The van der Waals surface area contributed by atoms with E-state index >= 15 is 0 Å². The summed E-state index contributed by atoms with van der Waals surface area (Å²) in [5, 5.41) is 28.1. The van der Waals surface area contributed by atoms with Gasteiger partial charge in [0.15, 0.2) is 15.4 Å². The third-order valence-corrected chi connectivity index (χ3v) is 5.98. The van der Waals surface area contributed by atoms with Gasteiger partial charge in [-0.25, -0.2) is 8.42 Å². The summed E-state index contributed by atoms with van der Waals surface area (Å²) >= 11 is 0. The minimum absolute atomic E-state index is 0.133. The number of aromatic hydroxyl groups is 2. The standard InChI is InChI=1S/C22H18N2O4S/c1-29(27,28)20-12-6-17(7-13-20)22(16-4-10-19(26)11-5-16)14-21(23-24-22)15-2-8-18(25)9-3-15/h2-14,25-26H,1H3. The van der Waals surface area contributed by atoms with Gasteiger partial charge in [-0.3, -0.25) is 0 Å². The normalized spacial score (nSPS) is 18.6. The summed E-state index contributed by atoms with van der Waals surface area (Å²) in [5.74, 6) is 0.291. The second kappa shape index (κ2) is 6.86. The van der Waals surface area contributed by atoms with E-state index in [9.17, 15) is 18.6 Å². The summed E-state index contributed by atoms with van der Waals surface area (Å²) in [7, 11) is -3.32. The molecule has 0 aromatic heterocycles. The first kappa shape index (κ1) is 18.9. The van der Waals surface area contributed by atoms with Crippen LogP contribution >= 0.6 is 0 Å². The topological polar surface area (TPSA) is 99.3 Å². The van der Waals surface area contributed by atoms with E-state index in [4.69, 9.17) is 0 Å². The molecule has 0 bridgehead atoms. The summed E-state index contributed by atoms with van der Waals surface area (Å²) in [6.07, 6.45) is 3.05. The molecule has 1 aliphatic heterocycles. The Kier molecular flexibility index (Phi) is 4.47. The number of nitrogens with zero attached hydrogens (tertiary/aromatic N) is 2. The lowest BCUT2D eigenvalue weighted by molar-refractivity contribution is 0.474. The highest BCUT2D eigenvalue weighted by molar-refractivity contribution is 7.90. The molecule has 1 unspecified atom stereocenters. The molecule has 146 valence electrons. The smallest absolute Gasteiger partial charge is 0.175 e. The van der Waals surface area contributed by atoms with E-state index < -0.39 is 15.4 Å². The van der Waals surface area contributed by atoms with Crippen LogP contribution < -0.4 is 0 Å². The molecular weight excluding hydrogens is 388 g/mol. The van der Waals surface area contributed by atoms with E-state index in [0.717, 1.165) is 22.9 Å². The molecule has 0 radical (unpaired) electrons. The van der Waals surface area contributed by atoms with E-state index in [0.29, 0.717) is 5.70 Å². The number of sulfone groups is 1. The van der Waals surface area contributed by atoms with Gasteiger partial charge in [-0.1, -0.05) is 24.3 Å². The number of hydrogen-bond donors (Lipinski definition) is 2. The quantitative estimate of drug-likeness (QED) is 0.676. The molecule has 4 rings (SSSR count). The Hall–Kier alpha value is -3.45. The highest BCUT2D eigenvalue weighted by Crippen LogP contribution is 2.43. The maximum atomic E-state index is 11.8. The fourth-order valence-corrected chi connectivity index (χ4v) is 3.91. The third-order valence-electron chi connectivity index (χ3n) is 4.85. The van der Waals surface area contributed by atoms with Gasteiger partial charge in [-0.2, -0.15) is 10.2 Å². The average Bonchev–Trinajstić information content (AvgIpc) is 3.15. The summed E-state index contributed by atoms with van der Waals surface area (Å²) < 4.78 is 23.6. The van der Waals surface area contributed by atoms with Gasteiger partial charge in [0, 0.05) is 11.8 Å². The van der Waals surface area contributed by atoms with Crippen molar-refractivity contribution in [3.05, 3.63) is 95.6 Å². The van der Waals surface area contributed by atoms with Crippen LogP contribution in [0.15, 0.2) is 94.0 Å². The molecule has 0 spiro atoms. The van der Waals surface area contributed by atoms with E-state index in [1.165, 1.54) is 0 Å². The molecule has 2 N–H and O–H groups in total. The third kappa shape index (κ3) is 3.52. The molecule has 0 fully saturated rings. The fourth-order valence-electron chi connectivity index (χ4n) is 3.28. The van der Waals surface area contributed by atoms with Crippen LogP contribution in [-0.2, 0) is 15.4 Å². The largest absolute Gasteiger partial charge is 0.508 e. The number of rotatable bonds is 4. The van der Waals surface area contributed by atoms with Crippen LogP contribution in [0.4, 0.5) is 0 Å².